The van der Waals surface area contributed by atoms with Crippen molar-refractivity contribution < 1.29 is 9.59 Å². The van der Waals surface area contributed by atoms with E-state index >= 15 is 0 Å². The van der Waals surface area contributed by atoms with Gasteiger partial charge in [-0.25, -0.2) is 0 Å². The predicted octanol–water partition coefficient (Wildman–Crippen LogP) is 3.27. The molecule has 2 amide bonds. The number of hydrogen-bond acceptors (Lipinski definition) is 3. The van der Waals surface area contributed by atoms with E-state index in [0.717, 1.165) is 50.9 Å². The number of amides is 2. The standard InChI is InChI=1S/C25H29N3O2/c29-23(21-16-20-8-4-5-9-22(20)26-17-21)28-15-12-25(18-28)11-14-27(24(25)30)13-10-19-6-2-1-3-7-19/h1-3,6-7,16-17H,4-5,8-15,18H2. The summed E-state index contributed by atoms with van der Waals surface area (Å²) < 4.78 is 0. The zero-order valence-electron chi connectivity index (χ0n) is 17.5. The molecular weight excluding hydrogens is 374 g/mol. The van der Waals surface area contributed by atoms with Gasteiger partial charge in [0.2, 0.25) is 5.91 Å². The summed E-state index contributed by atoms with van der Waals surface area (Å²) in [5.41, 5.74) is 3.93. The number of aryl methyl sites for hydroxylation is 2. The van der Waals surface area contributed by atoms with E-state index in [2.05, 4.69) is 17.1 Å². The van der Waals surface area contributed by atoms with Crippen LogP contribution in [-0.2, 0) is 24.1 Å². The van der Waals surface area contributed by atoms with E-state index in [1.807, 2.05) is 34.1 Å². The SMILES string of the molecule is O=C(c1cnc2c(c1)CCCC2)N1CCC2(CCN(CCc3ccccc3)C2=O)C1. The molecule has 1 aromatic carbocycles. The van der Waals surface area contributed by atoms with Gasteiger partial charge in [-0.15, -0.1) is 0 Å². The highest BCUT2D eigenvalue weighted by Crippen LogP contribution is 2.41. The van der Waals surface area contributed by atoms with E-state index in [4.69, 9.17) is 0 Å². The first-order chi connectivity index (χ1) is 14.6. The molecule has 3 aliphatic rings. The Morgan fingerprint density at radius 3 is 2.73 bits per heavy atom. The van der Waals surface area contributed by atoms with Crippen LogP contribution in [0.4, 0.5) is 0 Å². The van der Waals surface area contributed by atoms with Gasteiger partial charge in [0.15, 0.2) is 0 Å². The van der Waals surface area contributed by atoms with E-state index in [1.165, 1.54) is 24.0 Å². The largest absolute Gasteiger partial charge is 0.342 e. The molecule has 2 aromatic rings. The molecular formula is C25H29N3O2. The van der Waals surface area contributed by atoms with Crippen molar-refractivity contribution in [2.24, 2.45) is 5.41 Å². The lowest BCUT2D eigenvalue weighted by Gasteiger charge is -2.24. The molecule has 1 aromatic heterocycles. The summed E-state index contributed by atoms with van der Waals surface area (Å²) in [5.74, 6) is 0.264. The lowest BCUT2D eigenvalue weighted by Crippen LogP contribution is -2.39. The zero-order chi connectivity index (χ0) is 20.6. The van der Waals surface area contributed by atoms with Gasteiger partial charge in [0.25, 0.3) is 5.91 Å². The highest BCUT2D eigenvalue weighted by Gasteiger charge is 2.51. The van der Waals surface area contributed by atoms with Crippen LogP contribution in [0.2, 0.25) is 0 Å². The number of carbonyl (C=O) groups excluding carboxylic acids is 2. The first-order valence-electron chi connectivity index (χ1n) is 11.3. The van der Waals surface area contributed by atoms with Crippen molar-refractivity contribution in [3.05, 3.63) is 65.0 Å². The first-order valence-corrected chi connectivity index (χ1v) is 11.3. The summed E-state index contributed by atoms with van der Waals surface area (Å²) in [6.07, 6.45) is 8.64. The van der Waals surface area contributed by atoms with Gasteiger partial charge in [-0.05, 0) is 62.1 Å². The van der Waals surface area contributed by atoms with Crippen LogP contribution in [0.5, 0.6) is 0 Å². The van der Waals surface area contributed by atoms with Crippen molar-refractivity contribution >= 4 is 11.8 Å². The first kappa shape index (κ1) is 19.3. The molecule has 0 N–H and O–H groups in total. The topological polar surface area (TPSA) is 53.5 Å². The summed E-state index contributed by atoms with van der Waals surface area (Å²) in [6, 6.07) is 12.4. The summed E-state index contributed by atoms with van der Waals surface area (Å²) in [5, 5.41) is 0. The van der Waals surface area contributed by atoms with Crippen LogP contribution in [0.15, 0.2) is 42.6 Å². The monoisotopic (exact) mass is 403 g/mol. The Bertz CT molecular complexity index is 958. The minimum absolute atomic E-state index is 0.0308. The second kappa shape index (κ2) is 7.86. The Morgan fingerprint density at radius 2 is 1.87 bits per heavy atom. The Balaban J connectivity index is 1.24. The summed E-state index contributed by atoms with van der Waals surface area (Å²) in [6.45, 7) is 2.76. The highest BCUT2D eigenvalue weighted by molar-refractivity contribution is 5.95. The fourth-order valence-corrected chi connectivity index (χ4v) is 5.33. The molecule has 5 nitrogen and oxygen atoms in total. The number of aromatic nitrogens is 1. The Labute approximate surface area is 178 Å². The van der Waals surface area contributed by atoms with E-state index in [9.17, 15) is 9.59 Å². The third-order valence-corrected chi connectivity index (χ3v) is 7.17. The fraction of sp³-hybridized carbons (Fsp3) is 0.480. The molecule has 2 aliphatic heterocycles. The molecule has 0 bridgehead atoms. The molecule has 5 rings (SSSR count). The molecule has 3 heterocycles. The lowest BCUT2D eigenvalue weighted by atomic mass is 9.85. The number of hydrogen-bond donors (Lipinski definition) is 0. The maximum Gasteiger partial charge on any atom is 0.255 e. The Hall–Kier alpha value is -2.69. The number of likely N-dealkylation sites (tertiary alicyclic amines) is 2. The molecule has 1 aliphatic carbocycles. The molecule has 156 valence electrons. The molecule has 1 spiro atoms. The average molecular weight is 404 g/mol. The van der Waals surface area contributed by atoms with Gasteiger partial charge < -0.3 is 9.80 Å². The van der Waals surface area contributed by atoms with Gasteiger partial charge in [-0.3, -0.25) is 14.6 Å². The van der Waals surface area contributed by atoms with Crippen molar-refractivity contribution in [2.75, 3.05) is 26.2 Å². The number of benzene rings is 1. The quantitative estimate of drug-likeness (QED) is 0.787. The summed E-state index contributed by atoms with van der Waals surface area (Å²) >= 11 is 0. The number of fused-ring (bicyclic) bond motifs is 1. The van der Waals surface area contributed by atoms with Crippen LogP contribution < -0.4 is 0 Å². The second-order valence-corrected chi connectivity index (χ2v) is 9.07. The third kappa shape index (κ3) is 3.51. The van der Waals surface area contributed by atoms with Gasteiger partial charge in [-0.2, -0.15) is 0 Å². The van der Waals surface area contributed by atoms with Crippen LogP contribution in [-0.4, -0.2) is 52.8 Å². The van der Waals surface area contributed by atoms with Crippen molar-refractivity contribution in [1.29, 1.82) is 0 Å². The minimum Gasteiger partial charge on any atom is -0.342 e. The maximum absolute atomic E-state index is 13.2. The van der Waals surface area contributed by atoms with Crippen molar-refractivity contribution in [3.8, 4) is 0 Å². The number of pyridine rings is 1. The van der Waals surface area contributed by atoms with Crippen molar-refractivity contribution in [3.63, 3.8) is 0 Å². The van der Waals surface area contributed by atoms with Gasteiger partial charge >= 0.3 is 0 Å². The highest BCUT2D eigenvalue weighted by atomic mass is 16.2. The number of rotatable bonds is 4. The minimum atomic E-state index is -0.381. The Morgan fingerprint density at radius 1 is 1.07 bits per heavy atom. The normalized spacial score (nSPS) is 23.3. The maximum atomic E-state index is 13.2. The van der Waals surface area contributed by atoms with Gasteiger partial charge in [0.1, 0.15) is 0 Å². The van der Waals surface area contributed by atoms with Crippen molar-refractivity contribution in [1.82, 2.24) is 14.8 Å². The molecule has 2 fully saturated rings. The molecule has 2 saturated heterocycles. The molecule has 0 radical (unpaired) electrons. The second-order valence-electron chi connectivity index (χ2n) is 9.07. The third-order valence-electron chi connectivity index (χ3n) is 7.17. The molecule has 1 atom stereocenters. The molecule has 5 heteroatoms. The van der Waals surface area contributed by atoms with E-state index < -0.39 is 0 Å². The van der Waals surface area contributed by atoms with Crippen LogP contribution in [0.25, 0.3) is 0 Å². The molecule has 1 unspecified atom stereocenters. The number of nitrogens with zero attached hydrogens (tertiary/aromatic N) is 3. The van der Waals surface area contributed by atoms with Gasteiger partial charge in [0, 0.05) is 38.1 Å². The van der Waals surface area contributed by atoms with Crippen LogP contribution >= 0.6 is 0 Å². The molecule has 30 heavy (non-hydrogen) atoms. The summed E-state index contributed by atoms with van der Waals surface area (Å²) in [4.78, 5) is 34.8. The van der Waals surface area contributed by atoms with E-state index in [-0.39, 0.29) is 17.2 Å². The average Bonchev–Trinajstić information content (AvgIpc) is 3.37. The van der Waals surface area contributed by atoms with Gasteiger partial charge in [0.05, 0.1) is 11.0 Å². The lowest BCUT2D eigenvalue weighted by molar-refractivity contribution is -0.135. The van der Waals surface area contributed by atoms with Crippen LogP contribution in [0.3, 0.4) is 0 Å². The summed E-state index contributed by atoms with van der Waals surface area (Å²) in [7, 11) is 0. The smallest absolute Gasteiger partial charge is 0.255 e. The van der Waals surface area contributed by atoms with Gasteiger partial charge in [-0.1, -0.05) is 30.3 Å². The zero-order valence-corrected chi connectivity index (χ0v) is 17.5. The number of carbonyl (C=O) groups is 2. The van der Waals surface area contributed by atoms with Crippen LogP contribution in [0.1, 0.15) is 52.9 Å². The van der Waals surface area contributed by atoms with E-state index in [1.54, 1.807) is 6.20 Å². The molecule has 0 saturated carbocycles. The predicted molar refractivity (Wildman–Crippen MR) is 115 cm³/mol. The van der Waals surface area contributed by atoms with Crippen molar-refractivity contribution in [2.45, 2.75) is 44.9 Å². The Kier molecular flexibility index (Phi) is 5.05. The van der Waals surface area contributed by atoms with Crippen LogP contribution in [0, 0.1) is 5.41 Å². The van der Waals surface area contributed by atoms with E-state index in [0.29, 0.717) is 18.7 Å². The fourth-order valence-electron chi connectivity index (χ4n) is 5.33.